The van der Waals surface area contributed by atoms with Gasteiger partial charge in [0.25, 0.3) is 0 Å². The van der Waals surface area contributed by atoms with Crippen molar-refractivity contribution in [2.75, 3.05) is 0 Å². The summed E-state index contributed by atoms with van der Waals surface area (Å²) in [4.78, 5) is 0. The molecule has 1 aromatic rings. The molecule has 0 bridgehead atoms. The van der Waals surface area contributed by atoms with Gasteiger partial charge >= 0.3 is 0 Å². The average Bonchev–Trinajstić information content (AvgIpc) is 2.34. The van der Waals surface area contributed by atoms with Crippen LogP contribution in [0.1, 0.15) is 33.7 Å². The van der Waals surface area contributed by atoms with E-state index in [1.54, 1.807) is 0 Å². The van der Waals surface area contributed by atoms with Crippen molar-refractivity contribution in [3.05, 3.63) is 16.9 Å². The SMILES string of the molecule is CC(C)C(C(C)C)n1cc(Br)cn1. The summed E-state index contributed by atoms with van der Waals surface area (Å²) in [6.45, 7) is 8.95. The molecule has 1 rings (SSSR count). The zero-order valence-corrected chi connectivity index (χ0v) is 10.2. The molecular weight excluding hydrogens is 228 g/mol. The van der Waals surface area contributed by atoms with Crippen LogP contribution in [-0.4, -0.2) is 9.78 Å². The molecule has 0 saturated heterocycles. The highest BCUT2D eigenvalue weighted by Gasteiger charge is 2.19. The van der Waals surface area contributed by atoms with Crippen LogP contribution in [0.2, 0.25) is 0 Å². The van der Waals surface area contributed by atoms with Gasteiger partial charge in [-0.2, -0.15) is 5.10 Å². The summed E-state index contributed by atoms with van der Waals surface area (Å²) < 4.78 is 3.11. The van der Waals surface area contributed by atoms with E-state index in [0.29, 0.717) is 17.9 Å². The summed E-state index contributed by atoms with van der Waals surface area (Å²) >= 11 is 3.42. The molecule has 0 radical (unpaired) electrons. The van der Waals surface area contributed by atoms with E-state index in [9.17, 15) is 0 Å². The van der Waals surface area contributed by atoms with Crippen LogP contribution in [-0.2, 0) is 0 Å². The van der Waals surface area contributed by atoms with E-state index in [1.807, 2.05) is 12.4 Å². The Morgan fingerprint density at radius 1 is 1.23 bits per heavy atom. The number of hydrogen-bond donors (Lipinski definition) is 0. The first-order valence-corrected chi connectivity index (χ1v) is 5.51. The van der Waals surface area contributed by atoms with E-state index in [-0.39, 0.29) is 0 Å². The molecule has 0 atom stereocenters. The number of halogens is 1. The summed E-state index contributed by atoms with van der Waals surface area (Å²) in [5.41, 5.74) is 0. The van der Waals surface area contributed by atoms with E-state index in [1.165, 1.54) is 0 Å². The van der Waals surface area contributed by atoms with Crippen molar-refractivity contribution >= 4 is 15.9 Å². The maximum atomic E-state index is 4.33. The Hall–Kier alpha value is -0.310. The Balaban J connectivity index is 2.88. The molecule has 0 aliphatic heterocycles. The molecule has 0 N–H and O–H groups in total. The molecule has 0 spiro atoms. The fraction of sp³-hybridized carbons (Fsp3) is 0.700. The fourth-order valence-electron chi connectivity index (χ4n) is 1.86. The Morgan fingerprint density at radius 2 is 1.77 bits per heavy atom. The second-order valence-corrected chi connectivity index (χ2v) is 5.03. The molecule has 0 fully saturated rings. The van der Waals surface area contributed by atoms with Gasteiger partial charge in [-0.1, -0.05) is 27.7 Å². The highest BCUT2D eigenvalue weighted by Crippen LogP contribution is 2.26. The van der Waals surface area contributed by atoms with Gasteiger partial charge in [0, 0.05) is 6.20 Å². The van der Waals surface area contributed by atoms with Gasteiger partial charge in [-0.25, -0.2) is 0 Å². The molecule has 3 heteroatoms. The van der Waals surface area contributed by atoms with Crippen LogP contribution in [0.15, 0.2) is 16.9 Å². The van der Waals surface area contributed by atoms with Crippen LogP contribution < -0.4 is 0 Å². The Bertz CT molecular complexity index is 258. The van der Waals surface area contributed by atoms with Crippen molar-refractivity contribution in [3.8, 4) is 0 Å². The van der Waals surface area contributed by atoms with Crippen molar-refractivity contribution in [1.29, 1.82) is 0 Å². The van der Waals surface area contributed by atoms with Crippen molar-refractivity contribution in [3.63, 3.8) is 0 Å². The molecule has 2 nitrogen and oxygen atoms in total. The second-order valence-electron chi connectivity index (χ2n) is 4.12. The zero-order chi connectivity index (χ0) is 10.0. The van der Waals surface area contributed by atoms with Crippen LogP contribution in [0, 0.1) is 11.8 Å². The summed E-state index contributed by atoms with van der Waals surface area (Å²) in [7, 11) is 0. The summed E-state index contributed by atoms with van der Waals surface area (Å²) in [6.07, 6.45) is 3.89. The maximum absolute atomic E-state index is 4.33. The minimum atomic E-state index is 0.492. The van der Waals surface area contributed by atoms with E-state index in [0.717, 1.165) is 4.47 Å². The summed E-state index contributed by atoms with van der Waals surface area (Å²) in [6, 6.07) is 0.492. The standard InChI is InChI=1S/C10H17BrN2/c1-7(2)10(8(3)4)13-6-9(11)5-12-13/h5-8,10H,1-4H3. The summed E-state index contributed by atoms with van der Waals surface area (Å²) in [5.74, 6) is 1.23. The van der Waals surface area contributed by atoms with Crippen LogP contribution in [0.5, 0.6) is 0 Å². The van der Waals surface area contributed by atoms with Crippen molar-refractivity contribution in [2.45, 2.75) is 33.7 Å². The minimum Gasteiger partial charge on any atom is -0.268 e. The predicted molar refractivity (Wildman–Crippen MR) is 58.6 cm³/mol. The van der Waals surface area contributed by atoms with Gasteiger partial charge in [-0.05, 0) is 27.8 Å². The van der Waals surface area contributed by atoms with Crippen molar-refractivity contribution < 1.29 is 0 Å². The van der Waals surface area contributed by atoms with Gasteiger partial charge in [-0.15, -0.1) is 0 Å². The molecule has 0 amide bonds. The monoisotopic (exact) mass is 244 g/mol. The second kappa shape index (κ2) is 4.27. The number of aromatic nitrogens is 2. The Labute approximate surface area is 88.5 Å². The van der Waals surface area contributed by atoms with E-state index in [2.05, 4.69) is 53.4 Å². The lowest BCUT2D eigenvalue weighted by atomic mass is 9.93. The van der Waals surface area contributed by atoms with Crippen LogP contribution in [0.3, 0.4) is 0 Å². The first-order valence-electron chi connectivity index (χ1n) is 4.72. The van der Waals surface area contributed by atoms with Crippen LogP contribution in [0.4, 0.5) is 0 Å². The lowest BCUT2D eigenvalue weighted by Gasteiger charge is -2.25. The lowest BCUT2D eigenvalue weighted by molar-refractivity contribution is 0.265. The topological polar surface area (TPSA) is 17.8 Å². The molecule has 1 heterocycles. The average molecular weight is 245 g/mol. The largest absolute Gasteiger partial charge is 0.268 e. The van der Waals surface area contributed by atoms with Crippen molar-refractivity contribution in [1.82, 2.24) is 9.78 Å². The van der Waals surface area contributed by atoms with Gasteiger partial charge in [0.1, 0.15) is 0 Å². The van der Waals surface area contributed by atoms with Crippen LogP contribution >= 0.6 is 15.9 Å². The molecule has 13 heavy (non-hydrogen) atoms. The molecule has 0 unspecified atom stereocenters. The normalized spacial score (nSPS) is 12.0. The Morgan fingerprint density at radius 3 is 2.08 bits per heavy atom. The third-order valence-electron chi connectivity index (χ3n) is 2.24. The number of hydrogen-bond acceptors (Lipinski definition) is 1. The van der Waals surface area contributed by atoms with Crippen molar-refractivity contribution in [2.24, 2.45) is 11.8 Å². The first kappa shape index (κ1) is 10.8. The molecule has 0 aromatic carbocycles. The zero-order valence-electron chi connectivity index (χ0n) is 8.66. The third-order valence-corrected chi connectivity index (χ3v) is 2.65. The quantitative estimate of drug-likeness (QED) is 0.796. The molecule has 0 aliphatic carbocycles. The van der Waals surface area contributed by atoms with Gasteiger partial charge in [0.15, 0.2) is 0 Å². The predicted octanol–water partition coefficient (Wildman–Crippen LogP) is 3.50. The van der Waals surface area contributed by atoms with Gasteiger partial charge in [0.2, 0.25) is 0 Å². The van der Waals surface area contributed by atoms with E-state index < -0.39 is 0 Å². The molecule has 74 valence electrons. The summed E-state index contributed by atoms with van der Waals surface area (Å²) in [5, 5.41) is 4.33. The minimum absolute atomic E-state index is 0.492. The molecule has 1 aromatic heterocycles. The van der Waals surface area contributed by atoms with Gasteiger partial charge < -0.3 is 0 Å². The molecule has 0 aliphatic rings. The van der Waals surface area contributed by atoms with Gasteiger partial charge in [-0.3, -0.25) is 4.68 Å². The smallest absolute Gasteiger partial charge is 0.0632 e. The Kier molecular flexibility index (Phi) is 3.54. The third kappa shape index (κ3) is 2.56. The van der Waals surface area contributed by atoms with Crippen LogP contribution in [0.25, 0.3) is 0 Å². The number of nitrogens with zero attached hydrogens (tertiary/aromatic N) is 2. The highest BCUT2D eigenvalue weighted by molar-refractivity contribution is 9.10. The lowest BCUT2D eigenvalue weighted by Crippen LogP contribution is -2.21. The molecular formula is C10H17BrN2. The molecule has 0 saturated carbocycles. The van der Waals surface area contributed by atoms with E-state index in [4.69, 9.17) is 0 Å². The van der Waals surface area contributed by atoms with Gasteiger partial charge in [0.05, 0.1) is 16.7 Å². The first-order chi connectivity index (χ1) is 6.02. The highest BCUT2D eigenvalue weighted by atomic mass is 79.9. The number of rotatable bonds is 3. The van der Waals surface area contributed by atoms with E-state index >= 15 is 0 Å². The maximum Gasteiger partial charge on any atom is 0.0632 e. The fourth-order valence-corrected chi connectivity index (χ4v) is 2.16.